The van der Waals surface area contributed by atoms with Gasteiger partial charge in [0, 0.05) is 0 Å². The third-order valence-corrected chi connectivity index (χ3v) is 8.85. The Morgan fingerprint density at radius 2 is 2.09 bits per heavy atom. The molecule has 0 aliphatic heterocycles. The van der Waals surface area contributed by atoms with Gasteiger partial charge >= 0.3 is 67.2 Å². The molecule has 1 aliphatic carbocycles. The molecule has 0 bridgehead atoms. The van der Waals surface area contributed by atoms with Crippen molar-refractivity contribution < 1.29 is 24.7 Å². The summed E-state index contributed by atoms with van der Waals surface area (Å²) in [5.41, 5.74) is 0. The van der Waals surface area contributed by atoms with Crippen LogP contribution in [0.4, 0.5) is 0 Å². The molecule has 1 rings (SSSR count). The quantitative estimate of drug-likeness (QED) is 0.727. The van der Waals surface area contributed by atoms with Crippen LogP contribution < -0.4 is 0 Å². The fourth-order valence-electron chi connectivity index (χ4n) is 0.854. The zero-order valence-corrected chi connectivity index (χ0v) is 9.10. The zero-order valence-electron chi connectivity index (χ0n) is 6.16. The number of carbonyl (C=O) groups excluding carboxylic acids is 2. The molecule has 1 aliphatic rings. The Labute approximate surface area is 67.4 Å². The van der Waals surface area contributed by atoms with E-state index >= 15 is 0 Å². The molecule has 3 heteroatoms. The monoisotopic (exact) mass is 320 g/mol. The van der Waals surface area contributed by atoms with Gasteiger partial charge in [0.1, 0.15) is 0 Å². The fraction of sp³-hybridized carbons (Fsp3) is 0.250. The van der Waals surface area contributed by atoms with E-state index in [1.54, 1.807) is 5.31 Å². The van der Waals surface area contributed by atoms with Crippen LogP contribution in [-0.4, -0.2) is 8.53 Å². The summed E-state index contributed by atoms with van der Waals surface area (Å²) in [7, 11) is 0. The topological polar surface area (TPSA) is 34.1 Å². The average molecular weight is 320 g/mol. The summed E-state index contributed by atoms with van der Waals surface area (Å²) in [6.45, 7) is 0. The molecule has 0 N–H and O–H groups in total. The van der Waals surface area contributed by atoms with E-state index in [9.17, 15) is 9.59 Å². The van der Waals surface area contributed by atoms with E-state index in [0.717, 1.165) is 10.4 Å². The molecule has 0 aromatic heterocycles. The molecule has 0 unspecified atom stereocenters. The molecule has 0 amide bonds. The maximum atomic E-state index is 10.5. The average Bonchev–Trinajstić information content (AvgIpc) is 2.55. The van der Waals surface area contributed by atoms with E-state index in [4.69, 9.17) is 0 Å². The summed E-state index contributed by atoms with van der Waals surface area (Å²) in [4.78, 5) is 21.0. The first-order valence-electron chi connectivity index (χ1n) is 3.15. The molecule has 0 heterocycles. The maximum absolute atomic E-state index is 10.5. The molecule has 0 radical (unpaired) electrons. The van der Waals surface area contributed by atoms with Crippen LogP contribution in [0.25, 0.3) is 0 Å². The molecule has 58 valence electrons. The molecule has 0 saturated heterocycles. The number of allylic oxidation sites excluding steroid dienone is 4. The van der Waals surface area contributed by atoms with Crippen LogP contribution in [0.1, 0.15) is 6.42 Å². The molecule has 0 fully saturated rings. The van der Waals surface area contributed by atoms with Crippen molar-refractivity contribution in [1.82, 2.24) is 0 Å². The normalized spacial score (nSPS) is 15.5. The van der Waals surface area contributed by atoms with Crippen LogP contribution in [0, 0.1) is 0 Å². The molecule has 0 aromatic carbocycles. The van der Waals surface area contributed by atoms with Gasteiger partial charge in [0.15, 0.2) is 0 Å². The molecular weight excluding hydrogens is 312 g/mol. The van der Waals surface area contributed by atoms with Crippen LogP contribution in [0.15, 0.2) is 22.2 Å². The second-order valence-corrected chi connectivity index (χ2v) is 12.0. The van der Waals surface area contributed by atoms with Gasteiger partial charge < -0.3 is 0 Å². The Bertz CT molecular complexity index is 362. The van der Waals surface area contributed by atoms with Crippen LogP contribution in [-0.2, 0) is 24.7 Å². The van der Waals surface area contributed by atoms with Crippen molar-refractivity contribution >= 4 is 8.53 Å². The summed E-state index contributed by atoms with van der Waals surface area (Å²) >= 11 is -3.29. The fourth-order valence-corrected chi connectivity index (χ4v) is 4.55. The van der Waals surface area contributed by atoms with E-state index < -0.39 is 15.1 Å². The Morgan fingerprint density at radius 1 is 1.45 bits per heavy atom. The molecule has 0 saturated carbocycles. The summed E-state index contributed by atoms with van der Waals surface area (Å²) in [5.74, 6) is 0. The van der Waals surface area contributed by atoms with Crippen molar-refractivity contribution in [2.45, 2.75) is 11.7 Å². The first-order chi connectivity index (χ1) is 5.23. The standard InChI is InChI=1S/C5H5.2CO.CH3.W/c1-2-4-5-3-1;2*1-2;;/h1-3H,4H2;;;1H3;. The molecule has 0 spiro atoms. The van der Waals surface area contributed by atoms with Gasteiger partial charge in [0.05, 0.1) is 0 Å². The van der Waals surface area contributed by atoms with E-state index in [2.05, 4.69) is 0 Å². The summed E-state index contributed by atoms with van der Waals surface area (Å²) < 4.78 is 4.77. The second-order valence-electron chi connectivity index (χ2n) is 2.35. The van der Waals surface area contributed by atoms with Crippen LogP contribution >= 0.6 is 0 Å². The molecule has 0 atom stereocenters. The number of rotatable bonds is 1. The Hall–Kier alpha value is -0.672. The van der Waals surface area contributed by atoms with Gasteiger partial charge in [0.2, 0.25) is 0 Å². The van der Waals surface area contributed by atoms with Crippen molar-refractivity contribution in [1.29, 1.82) is 0 Å². The van der Waals surface area contributed by atoms with Crippen molar-refractivity contribution in [3.8, 4) is 0 Å². The summed E-state index contributed by atoms with van der Waals surface area (Å²) in [5, 5.41) is 1.73. The molecular formula is C8H8O2W. The van der Waals surface area contributed by atoms with Gasteiger partial charge in [-0.1, -0.05) is 0 Å². The van der Waals surface area contributed by atoms with Crippen molar-refractivity contribution in [3.05, 3.63) is 22.2 Å². The van der Waals surface area contributed by atoms with Crippen molar-refractivity contribution in [2.75, 3.05) is 0 Å². The third kappa shape index (κ3) is 1.49. The minimum absolute atomic E-state index is 0.746. The van der Waals surface area contributed by atoms with Crippen LogP contribution in [0.2, 0.25) is 5.31 Å². The summed E-state index contributed by atoms with van der Waals surface area (Å²) in [6, 6.07) is 0. The van der Waals surface area contributed by atoms with Crippen LogP contribution in [0.5, 0.6) is 0 Å². The first-order valence-corrected chi connectivity index (χ1v) is 10.5. The minimum atomic E-state index is -3.29. The Morgan fingerprint density at radius 3 is 2.45 bits per heavy atom. The van der Waals surface area contributed by atoms with Gasteiger partial charge in [-0.15, -0.1) is 0 Å². The number of hydrogen-bond donors (Lipinski definition) is 0. The molecule has 2 nitrogen and oxygen atoms in total. The summed E-state index contributed by atoms with van der Waals surface area (Å²) in [6.07, 6.45) is 6.42. The van der Waals surface area contributed by atoms with Gasteiger partial charge in [-0.3, -0.25) is 0 Å². The number of hydrogen-bond acceptors (Lipinski definition) is 2. The van der Waals surface area contributed by atoms with Crippen molar-refractivity contribution in [3.63, 3.8) is 0 Å². The van der Waals surface area contributed by atoms with E-state index in [-0.39, 0.29) is 0 Å². The third-order valence-electron chi connectivity index (χ3n) is 1.59. The van der Waals surface area contributed by atoms with Gasteiger partial charge in [-0.05, 0) is 0 Å². The van der Waals surface area contributed by atoms with E-state index in [0.29, 0.717) is 0 Å². The van der Waals surface area contributed by atoms with Gasteiger partial charge in [-0.2, -0.15) is 0 Å². The predicted molar refractivity (Wildman–Crippen MR) is 39.1 cm³/mol. The molecule has 11 heavy (non-hydrogen) atoms. The zero-order chi connectivity index (χ0) is 8.32. The first kappa shape index (κ1) is 8.43. The Balaban J connectivity index is 3.32. The van der Waals surface area contributed by atoms with Gasteiger partial charge in [0.25, 0.3) is 0 Å². The second kappa shape index (κ2) is 3.15. The van der Waals surface area contributed by atoms with Crippen molar-refractivity contribution in [2.24, 2.45) is 0 Å². The Kier molecular flexibility index (Phi) is 2.41. The predicted octanol–water partition coefficient (Wildman–Crippen LogP) is 1.17. The SMILES string of the molecule is [CH3][W](=[C]=O)(=[C]=O)[C]1=CC=CC1. The molecule has 0 aromatic rings. The van der Waals surface area contributed by atoms with E-state index in [1.165, 1.54) is 0 Å². The van der Waals surface area contributed by atoms with E-state index in [1.807, 2.05) is 26.8 Å². The van der Waals surface area contributed by atoms with Gasteiger partial charge in [-0.25, -0.2) is 0 Å². The van der Waals surface area contributed by atoms with Crippen LogP contribution in [0.3, 0.4) is 0 Å².